The summed E-state index contributed by atoms with van der Waals surface area (Å²) in [7, 11) is 1.75. The van der Waals surface area contributed by atoms with Crippen LogP contribution in [0.4, 0.5) is 13.8 Å². The zero-order chi connectivity index (χ0) is 18.0. The zero-order valence-electron chi connectivity index (χ0n) is 13.9. The third-order valence-corrected chi connectivity index (χ3v) is 5.23. The Kier molecular flexibility index (Phi) is 5.17. The van der Waals surface area contributed by atoms with Crippen molar-refractivity contribution in [2.24, 2.45) is 0 Å². The van der Waals surface area contributed by atoms with E-state index in [0.717, 1.165) is 35.4 Å². The van der Waals surface area contributed by atoms with Gasteiger partial charge in [-0.3, -0.25) is 4.79 Å². The number of hydrogen-bond donors (Lipinski definition) is 2. The van der Waals surface area contributed by atoms with E-state index in [2.05, 4.69) is 19.7 Å². The molecule has 0 saturated carbocycles. The zero-order valence-corrected chi connectivity index (χ0v) is 14.8. The summed E-state index contributed by atoms with van der Waals surface area (Å²) in [6.07, 6.45) is 2.46. The second kappa shape index (κ2) is 7.35. The number of fused-ring (bicyclic) bond motifs is 1. The molecule has 0 fully saturated rings. The molecule has 1 aromatic carbocycles. The largest absolute Gasteiger partial charge is 0.435 e. The molecule has 0 spiro atoms. The first-order valence-corrected chi connectivity index (χ1v) is 8.79. The van der Waals surface area contributed by atoms with Gasteiger partial charge in [0.05, 0.1) is 17.3 Å². The molecule has 1 atom stereocenters. The van der Waals surface area contributed by atoms with Crippen molar-refractivity contribution >= 4 is 22.4 Å². The Hall–Kier alpha value is -2.22. The molecule has 0 bridgehead atoms. The molecule has 25 heavy (non-hydrogen) atoms. The molecular formula is C17H19F2N3O2S. The van der Waals surface area contributed by atoms with Crippen LogP contribution in [0, 0.1) is 6.92 Å². The van der Waals surface area contributed by atoms with E-state index in [1.807, 2.05) is 0 Å². The average molecular weight is 367 g/mol. The van der Waals surface area contributed by atoms with Gasteiger partial charge in [0.1, 0.15) is 10.8 Å². The van der Waals surface area contributed by atoms with Crippen LogP contribution in [0.3, 0.4) is 0 Å². The van der Waals surface area contributed by atoms with E-state index < -0.39 is 6.61 Å². The highest BCUT2D eigenvalue weighted by atomic mass is 32.1. The van der Waals surface area contributed by atoms with Crippen LogP contribution in [-0.2, 0) is 6.42 Å². The summed E-state index contributed by atoms with van der Waals surface area (Å²) in [5, 5.41) is 6.77. The van der Waals surface area contributed by atoms with Gasteiger partial charge in [-0.2, -0.15) is 13.2 Å². The number of rotatable bonds is 5. The first kappa shape index (κ1) is 17.6. The lowest BCUT2D eigenvalue weighted by molar-refractivity contribution is -0.0499. The van der Waals surface area contributed by atoms with Gasteiger partial charge in [-0.1, -0.05) is 6.07 Å². The summed E-state index contributed by atoms with van der Waals surface area (Å²) in [5.41, 5.74) is 3.12. The Morgan fingerprint density at radius 2 is 2.24 bits per heavy atom. The third-order valence-electron chi connectivity index (χ3n) is 4.28. The van der Waals surface area contributed by atoms with E-state index >= 15 is 0 Å². The number of carbonyl (C=O) groups excluding carboxylic acids is 1. The van der Waals surface area contributed by atoms with Crippen molar-refractivity contribution in [3.05, 3.63) is 40.6 Å². The van der Waals surface area contributed by atoms with E-state index in [9.17, 15) is 13.6 Å². The standard InChI is InChI=1S/C17H19F2N3O2S/c1-9-14(16(20-2)25-22-9)15(23)21-13-5-3-4-10-8-11(24-17(18)19)6-7-12(10)13/h6-8,13,17,20H,3-5H2,1-2H3,(H,21,23)/t13-/m0/s1. The van der Waals surface area contributed by atoms with Crippen LogP contribution in [0.25, 0.3) is 0 Å². The van der Waals surface area contributed by atoms with E-state index in [4.69, 9.17) is 0 Å². The van der Waals surface area contributed by atoms with Crippen LogP contribution in [0.2, 0.25) is 0 Å². The summed E-state index contributed by atoms with van der Waals surface area (Å²) in [4.78, 5) is 12.7. The van der Waals surface area contributed by atoms with Gasteiger partial charge in [-0.25, -0.2) is 0 Å². The monoisotopic (exact) mass is 367 g/mol. The van der Waals surface area contributed by atoms with Gasteiger partial charge in [0, 0.05) is 7.05 Å². The molecule has 134 valence electrons. The first-order valence-electron chi connectivity index (χ1n) is 8.02. The molecule has 1 amide bonds. The Labute approximate surface area is 148 Å². The fourth-order valence-corrected chi connectivity index (χ4v) is 3.90. The second-order valence-corrected chi connectivity index (χ2v) is 6.65. The third kappa shape index (κ3) is 3.73. The summed E-state index contributed by atoms with van der Waals surface area (Å²) in [5.74, 6) is -0.0302. The van der Waals surface area contributed by atoms with Crippen LogP contribution in [-0.4, -0.2) is 23.9 Å². The van der Waals surface area contributed by atoms with Gasteiger partial charge in [-0.15, -0.1) is 0 Å². The lowest BCUT2D eigenvalue weighted by Crippen LogP contribution is -2.31. The smallest absolute Gasteiger partial charge is 0.387 e. The lowest BCUT2D eigenvalue weighted by atomic mass is 9.87. The number of nitrogens with one attached hydrogen (secondary N) is 2. The highest BCUT2D eigenvalue weighted by Crippen LogP contribution is 2.33. The molecule has 0 saturated heterocycles. The predicted molar refractivity (Wildman–Crippen MR) is 92.6 cm³/mol. The van der Waals surface area contributed by atoms with Crippen molar-refractivity contribution in [1.82, 2.24) is 9.69 Å². The maximum Gasteiger partial charge on any atom is 0.387 e. The SMILES string of the molecule is CNc1snc(C)c1C(=O)N[C@H]1CCCc2cc(OC(F)F)ccc21. The number of benzene rings is 1. The molecule has 1 heterocycles. The summed E-state index contributed by atoms with van der Waals surface area (Å²) in [6.45, 7) is -1.04. The average Bonchev–Trinajstić information content (AvgIpc) is 2.95. The molecule has 1 aromatic heterocycles. The second-order valence-electron chi connectivity index (χ2n) is 5.88. The van der Waals surface area contributed by atoms with Crippen LogP contribution in [0.5, 0.6) is 5.75 Å². The Balaban J connectivity index is 1.81. The maximum atomic E-state index is 12.7. The molecular weight excluding hydrogens is 348 g/mol. The van der Waals surface area contributed by atoms with Gasteiger partial charge >= 0.3 is 6.61 Å². The predicted octanol–water partition coefficient (Wildman–Crippen LogP) is 3.90. The Morgan fingerprint density at radius 1 is 1.44 bits per heavy atom. The Bertz CT molecular complexity index is 779. The van der Waals surface area contributed by atoms with E-state index in [1.54, 1.807) is 26.1 Å². The van der Waals surface area contributed by atoms with E-state index in [0.29, 0.717) is 11.3 Å². The van der Waals surface area contributed by atoms with E-state index in [1.165, 1.54) is 17.6 Å². The number of carbonyl (C=O) groups is 1. The van der Waals surface area contributed by atoms with Crippen molar-refractivity contribution in [2.75, 3.05) is 12.4 Å². The summed E-state index contributed by atoms with van der Waals surface area (Å²) < 4.78 is 33.4. The highest BCUT2D eigenvalue weighted by Gasteiger charge is 2.25. The maximum absolute atomic E-state index is 12.7. The molecule has 3 rings (SSSR count). The summed E-state index contributed by atoms with van der Waals surface area (Å²) >= 11 is 1.25. The van der Waals surface area contributed by atoms with Gasteiger partial charge in [0.15, 0.2) is 0 Å². The lowest BCUT2D eigenvalue weighted by Gasteiger charge is -2.27. The number of aryl methyl sites for hydroxylation is 2. The van der Waals surface area contributed by atoms with Gasteiger partial charge in [0.2, 0.25) is 0 Å². The minimum Gasteiger partial charge on any atom is -0.435 e. The minimum atomic E-state index is -2.84. The fraction of sp³-hybridized carbons (Fsp3) is 0.412. The molecule has 0 unspecified atom stereocenters. The molecule has 2 aromatic rings. The minimum absolute atomic E-state index is 0.149. The molecule has 0 aliphatic heterocycles. The number of halogens is 2. The van der Waals surface area contributed by atoms with Crippen LogP contribution < -0.4 is 15.4 Å². The van der Waals surface area contributed by atoms with Crippen molar-refractivity contribution in [1.29, 1.82) is 0 Å². The summed E-state index contributed by atoms with van der Waals surface area (Å²) in [6, 6.07) is 4.76. The number of hydrogen-bond acceptors (Lipinski definition) is 5. The van der Waals surface area contributed by atoms with Crippen molar-refractivity contribution < 1.29 is 18.3 Å². The fourth-order valence-electron chi connectivity index (χ4n) is 3.15. The molecule has 2 N–H and O–H groups in total. The van der Waals surface area contributed by atoms with Crippen LogP contribution in [0.15, 0.2) is 18.2 Å². The number of ether oxygens (including phenoxy) is 1. The number of nitrogens with zero attached hydrogens (tertiary/aromatic N) is 1. The van der Waals surface area contributed by atoms with Gasteiger partial charge in [0.25, 0.3) is 5.91 Å². The highest BCUT2D eigenvalue weighted by molar-refractivity contribution is 7.10. The quantitative estimate of drug-likeness (QED) is 0.841. The molecule has 5 nitrogen and oxygen atoms in total. The van der Waals surface area contributed by atoms with Crippen LogP contribution in [0.1, 0.15) is 46.1 Å². The van der Waals surface area contributed by atoms with Gasteiger partial charge < -0.3 is 15.4 Å². The number of amides is 1. The molecule has 1 aliphatic carbocycles. The number of alkyl halides is 2. The number of anilines is 1. The van der Waals surface area contributed by atoms with Crippen molar-refractivity contribution in [3.63, 3.8) is 0 Å². The Morgan fingerprint density at radius 3 is 2.96 bits per heavy atom. The van der Waals surface area contributed by atoms with Crippen molar-refractivity contribution in [3.8, 4) is 5.75 Å². The molecule has 0 radical (unpaired) electrons. The van der Waals surface area contributed by atoms with E-state index in [-0.39, 0.29) is 17.7 Å². The first-order chi connectivity index (χ1) is 12.0. The van der Waals surface area contributed by atoms with Gasteiger partial charge in [-0.05, 0) is 61.0 Å². The molecule has 8 heteroatoms. The normalized spacial score (nSPS) is 16.4. The topological polar surface area (TPSA) is 63.2 Å². The molecule has 1 aliphatic rings. The van der Waals surface area contributed by atoms with Crippen LogP contribution >= 0.6 is 11.5 Å². The number of aromatic nitrogens is 1. The van der Waals surface area contributed by atoms with Crippen molar-refractivity contribution in [2.45, 2.75) is 38.8 Å².